The number of likely N-dealkylation sites (N-methyl/N-ethyl adjacent to an activating group) is 1. The molecule has 0 aliphatic carbocycles. The zero-order valence-electron chi connectivity index (χ0n) is 13.1. The van der Waals surface area contributed by atoms with Crippen molar-refractivity contribution in [1.29, 1.82) is 0 Å². The lowest BCUT2D eigenvalue weighted by molar-refractivity contribution is -0.124. The number of benzene rings is 1. The highest BCUT2D eigenvalue weighted by Crippen LogP contribution is 2.24. The van der Waals surface area contributed by atoms with Crippen molar-refractivity contribution in [2.75, 3.05) is 13.2 Å². The molecule has 0 saturated carbocycles. The fourth-order valence-electron chi connectivity index (χ4n) is 2.21. The maximum absolute atomic E-state index is 11.5. The van der Waals surface area contributed by atoms with Crippen LogP contribution >= 0.6 is 0 Å². The van der Waals surface area contributed by atoms with Gasteiger partial charge in [0.25, 0.3) is 0 Å². The summed E-state index contributed by atoms with van der Waals surface area (Å²) in [6, 6.07) is 6.02. The second-order valence-electron chi connectivity index (χ2n) is 5.69. The molecular formula is C16H26N2O2. The van der Waals surface area contributed by atoms with E-state index in [4.69, 9.17) is 10.5 Å². The Bertz CT molecular complexity index is 472. The van der Waals surface area contributed by atoms with Crippen molar-refractivity contribution < 1.29 is 9.53 Å². The van der Waals surface area contributed by atoms with Crippen LogP contribution in [-0.2, 0) is 4.79 Å². The van der Waals surface area contributed by atoms with Crippen molar-refractivity contribution in [3.8, 4) is 5.75 Å². The van der Waals surface area contributed by atoms with Gasteiger partial charge in [0.2, 0.25) is 5.91 Å². The number of aryl methyl sites for hydroxylation is 1. The van der Waals surface area contributed by atoms with Gasteiger partial charge in [0.05, 0.1) is 0 Å². The monoisotopic (exact) mass is 278 g/mol. The maximum atomic E-state index is 11.5. The lowest BCUT2D eigenvalue weighted by Crippen LogP contribution is -2.57. The van der Waals surface area contributed by atoms with Crippen LogP contribution in [-0.4, -0.2) is 24.6 Å². The predicted molar refractivity (Wildman–Crippen MR) is 82.0 cm³/mol. The van der Waals surface area contributed by atoms with Crippen molar-refractivity contribution in [3.63, 3.8) is 0 Å². The normalized spacial score (nSPS) is 14.1. The van der Waals surface area contributed by atoms with Gasteiger partial charge in [-0.25, -0.2) is 0 Å². The summed E-state index contributed by atoms with van der Waals surface area (Å²) in [6.07, 6.45) is 0. The third-order valence-electron chi connectivity index (χ3n) is 3.50. The van der Waals surface area contributed by atoms with E-state index >= 15 is 0 Å². The molecule has 1 aromatic rings. The van der Waals surface area contributed by atoms with Crippen LogP contribution in [0, 0.1) is 6.92 Å². The van der Waals surface area contributed by atoms with Crippen LogP contribution < -0.4 is 15.8 Å². The smallest absolute Gasteiger partial charge is 0.240 e. The highest BCUT2D eigenvalue weighted by molar-refractivity contribution is 5.84. The Morgan fingerprint density at radius 1 is 1.45 bits per heavy atom. The Morgan fingerprint density at radius 2 is 2.10 bits per heavy atom. The number of nitrogens with two attached hydrogens (primary N) is 1. The fraction of sp³-hybridized carbons (Fsp3) is 0.562. The van der Waals surface area contributed by atoms with Gasteiger partial charge in [-0.2, -0.15) is 0 Å². The highest BCUT2D eigenvalue weighted by atomic mass is 16.5. The molecule has 1 unspecified atom stereocenters. The molecule has 20 heavy (non-hydrogen) atoms. The zero-order chi connectivity index (χ0) is 15.3. The second kappa shape index (κ2) is 6.75. The number of primary amides is 1. The first-order valence-electron chi connectivity index (χ1n) is 7.08. The Morgan fingerprint density at radius 3 is 2.55 bits per heavy atom. The van der Waals surface area contributed by atoms with E-state index in [0.717, 1.165) is 5.75 Å². The Balaban J connectivity index is 2.79. The van der Waals surface area contributed by atoms with Gasteiger partial charge in [-0.1, -0.05) is 26.8 Å². The molecule has 4 heteroatoms. The Labute approximate surface area is 121 Å². The molecule has 4 nitrogen and oxygen atoms in total. The second-order valence-corrected chi connectivity index (χ2v) is 5.69. The molecule has 0 fully saturated rings. The maximum Gasteiger partial charge on any atom is 0.240 e. The van der Waals surface area contributed by atoms with Crippen molar-refractivity contribution in [3.05, 3.63) is 29.3 Å². The third kappa shape index (κ3) is 3.97. The number of rotatable bonds is 7. The van der Waals surface area contributed by atoms with Crippen LogP contribution in [0.3, 0.4) is 0 Å². The van der Waals surface area contributed by atoms with Gasteiger partial charge >= 0.3 is 0 Å². The first kappa shape index (κ1) is 16.5. The molecule has 0 heterocycles. The average Bonchev–Trinajstić information content (AvgIpc) is 2.36. The van der Waals surface area contributed by atoms with E-state index in [1.807, 2.05) is 19.1 Å². The number of carbonyl (C=O) groups excluding carboxylic acids is 1. The van der Waals surface area contributed by atoms with E-state index in [1.54, 1.807) is 6.92 Å². The van der Waals surface area contributed by atoms with Gasteiger partial charge in [-0.05, 0) is 49.6 Å². The topological polar surface area (TPSA) is 64.3 Å². The largest absolute Gasteiger partial charge is 0.491 e. The fourth-order valence-corrected chi connectivity index (χ4v) is 2.21. The molecule has 0 radical (unpaired) electrons. The first-order valence-corrected chi connectivity index (χ1v) is 7.08. The van der Waals surface area contributed by atoms with E-state index in [0.29, 0.717) is 12.5 Å². The average molecular weight is 278 g/mol. The SMILES string of the molecule is CCNC(C)(COc1ccc(C(C)C)c(C)c1)C(N)=O. The number of hydrogen-bond acceptors (Lipinski definition) is 3. The lowest BCUT2D eigenvalue weighted by atomic mass is 9.98. The van der Waals surface area contributed by atoms with Crippen LogP contribution in [0.25, 0.3) is 0 Å². The summed E-state index contributed by atoms with van der Waals surface area (Å²) in [5, 5.41) is 3.07. The van der Waals surface area contributed by atoms with Crippen LogP contribution in [0.2, 0.25) is 0 Å². The minimum atomic E-state index is -0.848. The van der Waals surface area contributed by atoms with Crippen LogP contribution in [0.4, 0.5) is 0 Å². The van der Waals surface area contributed by atoms with Crippen molar-refractivity contribution in [2.24, 2.45) is 5.73 Å². The number of ether oxygens (including phenoxy) is 1. The minimum absolute atomic E-state index is 0.219. The van der Waals surface area contributed by atoms with Gasteiger partial charge in [0.1, 0.15) is 17.9 Å². The zero-order valence-corrected chi connectivity index (χ0v) is 13.1. The van der Waals surface area contributed by atoms with E-state index < -0.39 is 11.4 Å². The molecule has 1 atom stereocenters. The number of carbonyl (C=O) groups is 1. The van der Waals surface area contributed by atoms with E-state index in [2.05, 4.69) is 32.2 Å². The molecule has 0 aromatic heterocycles. The third-order valence-corrected chi connectivity index (χ3v) is 3.50. The van der Waals surface area contributed by atoms with Gasteiger partial charge in [0, 0.05) is 0 Å². The molecule has 1 amide bonds. The van der Waals surface area contributed by atoms with Gasteiger partial charge in [0.15, 0.2) is 0 Å². The summed E-state index contributed by atoms with van der Waals surface area (Å²) in [6.45, 7) is 11.0. The molecule has 0 spiro atoms. The summed E-state index contributed by atoms with van der Waals surface area (Å²) in [5.41, 5.74) is 7.09. The Hall–Kier alpha value is -1.55. The molecular weight excluding hydrogens is 252 g/mol. The molecule has 0 aliphatic rings. The lowest BCUT2D eigenvalue weighted by Gasteiger charge is -2.27. The van der Waals surface area contributed by atoms with Crippen LogP contribution in [0.5, 0.6) is 5.75 Å². The quantitative estimate of drug-likeness (QED) is 0.804. The van der Waals surface area contributed by atoms with E-state index in [-0.39, 0.29) is 6.61 Å². The van der Waals surface area contributed by atoms with Crippen LogP contribution in [0.15, 0.2) is 18.2 Å². The summed E-state index contributed by atoms with van der Waals surface area (Å²) in [4.78, 5) is 11.5. The van der Waals surface area contributed by atoms with Crippen LogP contribution in [0.1, 0.15) is 44.7 Å². The van der Waals surface area contributed by atoms with Gasteiger partial charge in [-0.15, -0.1) is 0 Å². The number of hydrogen-bond donors (Lipinski definition) is 2. The van der Waals surface area contributed by atoms with Gasteiger partial charge in [-0.3, -0.25) is 4.79 Å². The first-order chi connectivity index (χ1) is 9.30. The summed E-state index contributed by atoms with van der Waals surface area (Å²) in [5.74, 6) is 0.842. The minimum Gasteiger partial charge on any atom is -0.491 e. The Kier molecular flexibility index (Phi) is 5.57. The van der Waals surface area contributed by atoms with E-state index in [1.165, 1.54) is 11.1 Å². The molecule has 1 rings (SSSR count). The molecule has 112 valence electrons. The molecule has 0 saturated heterocycles. The highest BCUT2D eigenvalue weighted by Gasteiger charge is 2.31. The van der Waals surface area contributed by atoms with Crippen molar-refractivity contribution in [1.82, 2.24) is 5.32 Å². The molecule has 1 aromatic carbocycles. The number of nitrogens with one attached hydrogen (secondary N) is 1. The number of amides is 1. The van der Waals surface area contributed by atoms with Crippen molar-refractivity contribution >= 4 is 5.91 Å². The molecule has 0 bridgehead atoms. The summed E-state index contributed by atoms with van der Waals surface area (Å²) < 4.78 is 5.74. The van der Waals surface area contributed by atoms with Gasteiger partial charge < -0.3 is 15.8 Å². The standard InChI is InChI=1S/C16H26N2O2/c1-6-18-16(5,15(17)19)10-20-13-7-8-14(11(2)3)12(4)9-13/h7-9,11,18H,6,10H2,1-5H3,(H2,17,19). The van der Waals surface area contributed by atoms with E-state index in [9.17, 15) is 4.79 Å². The van der Waals surface area contributed by atoms with Crippen molar-refractivity contribution in [2.45, 2.75) is 46.1 Å². The summed E-state index contributed by atoms with van der Waals surface area (Å²) >= 11 is 0. The predicted octanol–water partition coefficient (Wildman–Crippen LogP) is 2.35. The molecule has 0 aliphatic heterocycles. The summed E-state index contributed by atoms with van der Waals surface area (Å²) in [7, 11) is 0. The molecule has 3 N–H and O–H groups in total.